The number of fused-ring (bicyclic) bond motifs is 1. The van der Waals surface area contributed by atoms with Gasteiger partial charge in [-0.05, 0) is 90.5 Å². The van der Waals surface area contributed by atoms with Crippen molar-refractivity contribution < 1.29 is 4.39 Å². The van der Waals surface area contributed by atoms with Crippen LogP contribution in [0.4, 0.5) is 21.5 Å². The van der Waals surface area contributed by atoms with Crippen molar-refractivity contribution in [3.63, 3.8) is 0 Å². The molecule has 1 fully saturated rings. The number of benzene rings is 2. The van der Waals surface area contributed by atoms with Crippen molar-refractivity contribution in [2.45, 2.75) is 58.2 Å². The van der Waals surface area contributed by atoms with Crippen LogP contribution in [0.15, 0.2) is 78.7 Å². The van der Waals surface area contributed by atoms with Gasteiger partial charge in [-0.3, -0.25) is 9.88 Å². The number of aromatic nitrogens is 4. The molecule has 50 heavy (non-hydrogen) atoms. The first-order valence-corrected chi connectivity index (χ1v) is 17.3. The third-order valence-corrected chi connectivity index (χ3v) is 9.36. The van der Waals surface area contributed by atoms with Gasteiger partial charge >= 0.3 is 0 Å². The van der Waals surface area contributed by atoms with Crippen molar-refractivity contribution >= 4 is 51.2 Å². The number of anilines is 3. The lowest BCUT2D eigenvalue weighted by Gasteiger charge is -2.40. The molecule has 0 unspecified atom stereocenters. The summed E-state index contributed by atoms with van der Waals surface area (Å²) >= 11 is 12.9. The maximum atomic E-state index is 13.9. The van der Waals surface area contributed by atoms with E-state index < -0.39 is 11.9 Å². The highest BCUT2D eigenvalue weighted by atomic mass is 35.5. The molecule has 1 saturated heterocycles. The third kappa shape index (κ3) is 8.90. The molecule has 0 radical (unpaired) electrons. The van der Waals surface area contributed by atoms with E-state index >= 15 is 0 Å². The number of rotatable bonds is 11. The van der Waals surface area contributed by atoms with E-state index in [0.717, 1.165) is 38.0 Å². The second-order valence-electron chi connectivity index (χ2n) is 14.0. The van der Waals surface area contributed by atoms with Gasteiger partial charge in [0, 0.05) is 48.1 Å². The lowest BCUT2D eigenvalue weighted by atomic mass is 9.98. The van der Waals surface area contributed by atoms with Crippen LogP contribution < -0.4 is 10.6 Å². The minimum atomic E-state index is -0.539. The fraction of sp³-hybridized carbons (Fsp3) is 0.368. The average molecular weight is 717 g/mol. The Morgan fingerprint density at radius 2 is 1.88 bits per heavy atom. The van der Waals surface area contributed by atoms with Crippen LogP contribution in [-0.4, -0.2) is 69.0 Å². The Morgan fingerprint density at radius 1 is 1.16 bits per heavy atom. The van der Waals surface area contributed by atoms with Crippen LogP contribution in [0, 0.1) is 17.1 Å². The van der Waals surface area contributed by atoms with Crippen molar-refractivity contribution in [2.75, 3.05) is 44.4 Å². The summed E-state index contributed by atoms with van der Waals surface area (Å²) in [5.74, 6) is -0.539. The van der Waals surface area contributed by atoms with Gasteiger partial charge in [0.15, 0.2) is 0 Å². The van der Waals surface area contributed by atoms with Crippen molar-refractivity contribution in [3.8, 4) is 6.07 Å². The van der Waals surface area contributed by atoms with Crippen LogP contribution in [0.5, 0.6) is 0 Å². The molecule has 0 amide bonds. The van der Waals surface area contributed by atoms with Crippen molar-refractivity contribution in [2.24, 2.45) is 0 Å². The van der Waals surface area contributed by atoms with Gasteiger partial charge in [0.2, 0.25) is 0 Å². The molecule has 0 saturated carbocycles. The number of hydrogen-bond donors (Lipinski definition) is 2. The van der Waals surface area contributed by atoms with Gasteiger partial charge in [-0.25, -0.2) is 9.07 Å². The largest absolute Gasteiger partial charge is 0.373 e. The highest BCUT2D eigenvalue weighted by molar-refractivity contribution is 6.36. The van der Waals surface area contributed by atoms with Crippen molar-refractivity contribution in [1.29, 1.82) is 5.26 Å². The molecule has 5 rings (SSSR count). The number of likely N-dealkylation sites (tertiary alicyclic amines) is 1. The molecular formula is C38H44Cl2FN9. The van der Waals surface area contributed by atoms with Gasteiger partial charge in [0.25, 0.3) is 0 Å². The zero-order chi connectivity index (χ0) is 36.2. The molecule has 0 spiro atoms. The van der Waals surface area contributed by atoms with Crippen LogP contribution in [0.1, 0.15) is 63.9 Å². The number of nitrogens with zero attached hydrogens (tertiary/aromatic N) is 7. The molecule has 2 aromatic carbocycles. The van der Waals surface area contributed by atoms with Gasteiger partial charge in [-0.2, -0.15) is 5.26 Å². The summed E-state index contributed by atoms with van der Waals surface area (Å²) in [6.45, 7) is 16.1. The van der Waals surface area contributed by atoms with Gasteiger partial charge in [-0.1, -0.05) is 58.8 Å². The molecule has 1 aliphatic rings. The first kappa shape index (κ1) is 37.0. The number of nitriles is 1. The van der Waals surface area contributed by atoms with Crippen LogP contribution in [-0.2, 0) is 0 Å². The first-order chi connectivity index (χ1) is 23.7. The van der Waals surface area contributed by atoms with E-state index in [1.54, 1.807) is 12.1 Å². The van der Waals surface area contributed by atoms with Crippen molar-refractivity contribution in [3.05, 3.63) is 106 Å². The van der Waals surface area contributed by atoms with Crippen LogP contribution in [0.3, 0.4) is 0 Å². The van der Waals surface area contributed by atoms with E-state index in [2.05, 4.69) is 82.1 Å². The zero-order valence-corrected chi connectivity index (χ0v) is 30.9. The summed E-state index contributed by atoms with van der Waals surface area (Å²) in [4.78, 5) is 9.10. The van der Waals surface area contributed by atoms with Gasteiger partial charge in [0.05, 0.1) is 45.1 Å². The smallest absolute Gasteiger partial charge is 0.141 e. The molecule has 1 aliphatic heterocycles. The van der Waals surface area contributed by atoms with E-state index in [9.17, 15) is 9.65 Å². The molecule has 262 valence electrons. The number of pyridine rings is 1. The topological polar surface area (TPSA) is 97.9 Å². The maximum Gasteiger partial charge on any atom is 0.141 e. The summed E-state index contributed by atoms with van der Waals surface area (Å²) < 4.78 is 15.9. The standard InChI is InChI=1S/C38H44Cl2FN9/c1-24(22-48(6)7)9-8-10-25(2)35(34-23-50(47-46-34)29-13-15-49(16-14-29)38(3,4)5)45-28-17-30-36(44-27-11-12-33(41)31(39)18-27)26(20-42)21-43-37(30)32(40)19-28/h8-12,17-19,21,23,29,35,45H,2,13-16,22H2,1,3-7H3,(H,43,44)/b10-8-,24-9+/t35-/m0/s1. The molecule has 0 bridgehead atoms. The van der Waals surface area contributed by atoms with E-state index in [-0.39, 0.29) is 22.2 Å². The summed E-state index contributed by atoms with van der Waals surface area (Å²) in [6.07, 6.45) is 11.5. The summed E-state index contributed by atoms with van der Waals surface area (Å²) in [5, 5.41) is 27.0. The first-order valence-electron chi connectivity index (χ1n) is 16.6. The Balaban J connectivity index is 1.50. The predicted octanol–water partition coefficient (Wildman–Crippen LogP) is 9.10. The van der Waals surface area contributed by atoms with E-state index in [0.29, 0.717) is 38.7 Å². The average Bonchev–Trinajstić information content (AvgIpc) is 3.55. The Labute approximate surface area is 304 Å². The SMILES string of the molecule is C=C(/C=C\C=C(/C)CN(C)C)[C@H](Nc1cc(Cl)c2ncc(C#N)c(Nc3ccc(F)c(Cl)c3)c2c1)c1cn(C2CCN(C(C)(C)C)CC2)nn1. The van der Waals surface area contributed by atoms with E-state index in [1.807, 2.05) is 43.2 Å². The third-order valence-electron chi connectivity index (χ3n) is 8.78. The van der Waals surface area contributed by atoms with Gasteiger partial charge < -0.3 is 15.5 Å². The molecule has 2 N–H and O–H groups in total. The number of halogens is 3. The Bertz CT molecular complexity index is 1960. The fourth-order valence-electron chi connectivity index (χ4n) is 6.19. The number of nitrogens with one attached hydrogen (secondary N) is 2. The molecular weight excluding hydrogens is 672 g/mol. The molecule has 1 atom stereocenters. The van der Waals surface area contributed by atoms with Gasteiger partial charge in [-0.15, -0.1) is 5.10 Å². The number of likely N-dealkylation sites (N-methyl/N-ethyl adjacent to an activating group) is 1. The molecule has 2 aromatic heterocycles. The van der Waals surface area contributed by atoms with Crippen LogP contribution >= 0.6 is 23.2 Å². The molecule has 0 aliphatic carbocycles. The highest BCUT2D eigenvalue weighted by Gasteiger charge is 2.29. The van der Waals surface area contributed by atoms with Crippen LogP contribution in [0.25, 0.3) is 10.9 Å². The second-order valence-corrected chi connectivity index (χ2v) is 14.9. The summed E-state index contributed by atoms with van der Waals surface area (Å²) in [5.41, 5.74) is 5.24. The minimum absolute atomic E-state index is 0.0405. The Hall–Kier alpha value is -4.27. The highest BCUT2D eigenvalue weighted by Crippen LogP contribution is 2.37. The summed E-state index contributed by atoms with van der Waals surface area (Å²) in [7, 11) is 4.07. The van der Waals surface area contributed by atoms with E-state index in [4.69, 9.17) is 23.2 Å². The molecule has 3 heterocycles. The molecule has 12 heteroatoms. The molecule has 9 nitrogen and oxygen atoms in total. The fourth-order valence-corrected chi connectivity index (χ4v) is 6.64. The van der Waals surface area contributed by atoms with Crippen LogP contribution in [0.2, 0.25) is 10.0 Å². The Kier molecular flexibility index (Phi) is 11.6. The quantitative estimate of drug-likeness (QED) is 0.149. The summed E-state index contributed by atoms with van der Waals surface area (Å²) in [6, 6.07) is 9.93. The van der Waals surface area contributed by atoms with Crippen molar-refractivity contribution in [1.82, 2.24) is 29.8 Å². The minimum Gasteiger partial charge on any atom is -0.373 e. The lowest BCUT2D eigenvalue weighted by molar-refractivity contribution is 0.0866. The number of allylic oxidation sites excluding steroid dienone is 2. The number of piperidine rings is 1. The lowest BCUT2D eigenvalue weighted by Crippen LogP contribution is -2.46. The zero-order valence-electron chi connectivity index (χ0n) is 29.4. The Morgan fingerprint density at radius 3 is 2.54 bits per heavy atom. The predicted molar refractivity (Wildman–Crippen MR) is 203 cm³/mol. The monoisotopic (exact) mass is 715 g/mol. The van der Waals surface area contributed by atoms with E-state index in [1.165, 1.54) is 23.9 Å². The number of hydrogen-bond acceptors (Lipinski definition) is 8. The second kappa shape index (κ2) is 15.7. The molecule has 4 aromatic rings. The van der Waals surface area contributed by atoms with Gasteiger partial charge in [0.1, 0.15) is 17.6 Å². The normalized spacial score (nSPS) is 15.5. The maximum absolute atomic E-state index is 13.9.